The number of imide groups is 1. The van der Waals surface area contributed by atoms with E-state index in [4.69, 9.17) is 14.3 Å². The van der Waals surface area contributed by atoms with Crippen molar-refractivity contribution in [3.63, 3.8) is 0 Å². The molecule has 1 aliphatic rings. The minimum Gasteiger partial charge on any atom is -0.459 e. The molecule has 1 aliphatic heterocycles. The van der Waals surface area contributed by atoms with Crippen molar-refractivity contribution < 1.29 is 39.7 Å². The topological polar surface area (TPSA) is 116 Å². The fourth-order valence-corrected chi connectivity index (χ4v) is 3.68. The molecule has 42 heavy (non-hydrogen) atoms. The number of benzene rings is 1. The number of hydroxylamine groups is 2. The molecule has 0 bridgehead atoms. The van der Waals surface area contributed by atoms with E-state index in [1.54, 1.807) is 13.8 Å². The van der Waals surface area contributed by atoms with Crippen LogP contribution in [0, 0.1) is 17.3 Å². The van der Waals surface area contributed by atoms with Gasteiger partial charge in [0.25, 0.3) is 11.8 Å². The molecule has 0 N–H and O–H groups in total. The van der Waals surface area contributed by atoms with Gasteiger partial charge in [0, 0.05) is 32.7 Å². The highest BCUT2D eigenvalue weighted by Gasteiger charge is 2.35. The molecule has 0 aliphatic carbocycles. The molecule has 0 saturated carbocycles. The lowest BCUT2D eigenvalue weighted by Crippen LogP contribution is -2.38. The first kappa shape index (κ1) is 38.2. The van der Waals surface area contributed by atoms with Gasteiger partial charge < -0.3 is 14.3 Å². The van der Waals surface area contributed by atoms with Crippen LogP contribution >= 0.6 is 0 Å². The summed E-state index contributed by atoms with van der Waals surface area (Å²) in [5, 5.41) is 0.470. The maximum Gasteiger partial charge on any atom is 0.356 e. The van der Waals surface area contributed by atoms with Gasteiger partial charge in [0.2, 0.25) is 0 Å². The van der Waals surface area contributed by atoms with Crippen molar-refractivity contribution in [2.45, 2.75) is 101 Å². The largest absolute Gasteiger partial charge is 0.459 e. The van der Waals surface area contributed by atoms with Gasteiger partial charge in [-0.25, -0.2) is 9.59 Å². The SMILES string of the molecule is C.C.CCC(C)(C)C(=O)O[C@@H](CC(C)C)C(=O)O[C@@H](C/C=C/C(=O)ON1C(=O)CCC1=O)[C@H](C)/C=C/c1ccccc1.[2HH]. The Morgan fingerprint density at radius 1 is 1.00 bits per heavy atom. The minimum absolute atomic E-state index is 0. The number of amides is 2. The van der Waals surface area contributed by atoms with Crippen LogP contribution in [0.4, 0.5) is 0 Å². The van der Waals surface area contributed by atoms with E-state index in [9.17, 15) is 24.0 Å². The Hall–Kier alpha value is -3.75. The van der Waals surface area contributed by atoms with Gasteiger partial charge in [0.15, 0.2) is 6.10 Å². The van der Waals surface area contributed by atoms with Crippen LogP contribution in [0.25, 0.3) is 6.08 Å². The zero-order valence-corrected chi connectivity index (χ0v) is 24.3. The van der Waals surface area contributed by atoms with E-state index < -0.39 is 47.3 Å². The highest BCUT2D eigenvalue weighted by atomic mass is 16.7. The van der Waals surface area contributed by atoms with Gasteiger partial charge in [-0.2, -0.15) is 0 Å². The highest BCUT2D eigenvalue weighted by molar-refractivity contribution is 6.02. The van der Waals surface area contributed by atoms with E-state index in [0.29, 0.717) is 17.9 Å². The maximum absolute atomic E-state index is 13.3. The smallest absolute Gasteiger partial charge is 0.356 e. The molecule has 3 atom stereocenters. The van der Waals surface area contributed by atoms with Crippen molar-refractivity contribution in [2.75, 3.05) is 0 Å². The van der Waals surface area contributed by atoms with Crippen LogP contribution < -0.4 is 0 Å². The molecule has 0 spiro atoms. The fourth-order valence-electron chi connectivity index (χ4n) is 3.68. The van der Waals surface area contributed by atoms with Crippen LogP contribution in [0.15, 0.2) is 48.6 Å². The minimum atomic E-state index is -1.08. The lowest BCUT2D eigenvalue weighted by molar-refractivity contribution is -0.193. The van der Waals surface area contributed by atoms with Crippen LogP contribution in [0.5, 0.6) is 0 Å². The molecule has 2 rings (SSSR count). The highest BCUT2D eigenvalue weighted by Crippen LogP contribution is 2.25. The quantitative estimate of drug-likeness (QED) is 0.133. The average Bonchev–Trinajstić information content (AvgIpc) is 3.22. The van der Waals surface area contributed by atoms with Crippen molar-refractivity contribution in [3.8, 4) is 0 Å². The molecule has 1 aromatic rings. The summed E-state index contributed by atoms with van der Waals surface area (Å²) in [5.74, 6) is -3.40. The monoisotopic (exact) mass is 590 g/mol. The van der Waals surface area contributed by atoms with Crippen molar-refractivity contribution in [3.05, 3.63) is 54.1 Å². The van der Waals surface area contributed by atoms with E-state index in [0.717, 1.165) is 11.6 Å². The Kier molecular flexibility index (Phi) is 16.3. The van der Waals surface area contributed by atoms with E-state index in [-0.39, 0.29) is 47.4 Å². The normalized spacial score (nSPS) is 15.6. The van der Waals surface area contributed by atoms with Crippen LogP contribution in [0.1, 0.15) is 95.5 Å². The van der Waals surface area contributed by atoms with Gasteiger partial charge in [-0.15, -0.1) is 5.06 Å². The molecule has 1 heterocycles. The molecule has 0 unspecified atom stereocenters. The van der Waals surface area contributed by atoms with Gasteiger partial charge in [-0.1, -0.05) is 91.1 Å². The summed E-state index contributed by atoms with van der Waals surface area (Å²) in [6.45, 7) is 11.1. The number of nitrogens with zero attached hydrogens (tertiary/aromatic N) is 1. The third-order valence-corrected chi connectivity index (χ3v) is 6.69. The van der Waals surface area contributed by atoms with Crippen LogP contribution in [-0.2, 0) is 38.3 Å². The number of hydrogen-bond donors (Lipinski definition) is 0. The number of carbonyl (C=O) groups excluding carboxylic acids is 5. The van der Waals surface area contributed by atoms with Crippen molar-refractivity contribution >= 4 is 35.8 Å². The molecule has 1 saturated heterocycles. The Balaban J connectivity index is 0. The van der Waals surface area contributed by atoms with E-state index in [1.165, 1.54) is 6.08 Å². The molecule has 9 heteroatoms. The Morgan fingerprint density at radius 2 is 1.60 bits per heavy atom. The molecule has 9 nitrogen and oxygen atoms in total. The first-order valence-electron chi connectivity index (χ1n) is 13.7. The van der Waals surface area contributed by atoms with Gasteiger partial charge in [-0.05, 0) is 38.2 Å². The average molecular weight is 591 g/mol. The predicted molar refractivity (Wildman–Crippen MR) is 164 cm³/mol. The van der Waals surface area contributed by atoms with Crippen LogP contribution in [0.3, 0.4) is 0 Å². The fraction of sp³-hybridized carbons (Fsp3) is 0.545. The van der Waals surface area contributed by atoms with Crippen LogP contribution in [-0.4, -0.2) is 47.0 Å². The van der Waals surface area contributed by atoms with Gasteiger partial charge >= 0.3 is 17.9 Å². The molecule has 236 valence electrons. The molecule has 0 aromatic heterocycles. The Morgan fingerprint density at radius 3 is 2.14 bits per heavy atom. The van der Waals surface area contributed by atoms with Crippen molar-refractivity contribution in [1.82, 2.24) is 5.06 Å². The Labute approximate surface area is 252 Å². The van der Waals surface area contributed by atoms with Crippen molar-refractivity contribution in [1.29, 1.82) is 0 Å². The van der Waals surface area contributed by atoms with Gasteiger partial charge in [0.05, 0.1) is 5.41 Å². The van der Waals surface area contributed by atoms with E-state index in [2.05, 4.69) is 0 Å². The summed E-state index contributed by atoms with van der Waals surface area (Å²) >= 11 is 0. The third-order valence-electron chi connectivity index (χ3n) is 6.69. The van der Waals surface area contributed by atoms with Crippen LogP contribution in [0.2, 0.25) is 0 Å². The first-order valence-corrected chi connectivity index (χ1v) is 13.7. The zero-order chi connectivity index (χ0) is 29.9. The lowest BCUT2D eigenvalue weighted by Gasteiger charge is -2.28. The van der Waals surface area contributed by atoms with Gasteiger partial charge in [-0.3, -0.25) is 14.4 Å². The molecule has 1 fully saturated rings. The zero-order valence-electron chi connectivity index (χ0n) is 24.3. The Bertz CT molecular complexity index is 1100. The molecular formula is C33H51NO8. The second-order valence-electron chi connectivity index (χ2n) is 11.0. The summed E-state index contributed by atoms with van der Waals surface area (Å²) in [4.78, 5) is 66.5. The maximum atomic E-state index is 13.3. The van der Waals surface area contributed by atoms with Gasteiger partial charge in [0.1, 0.15) is 6.10 Å². The first-order chi connectivity index (χ1) is 18.8. The second-order valence-corrected chi connectivity index (χ2v) is 11.0. The number of esters is 2. The summed E-state index contributed by atoms with van der Waals surface area (Å²) in [6.07, 6.45) is 5.53. The summed E-state index contributed by atoms with van der Waals surface area (Å²) < 4.78 is 11.5. The number of rotatable bonds is 14. The van der Waals surface area contributed by atoms with E-state index >= 15 is 0 Å². The standard InChI is InChI=1S/C31H41NO8.2CH4.H2/c1-7-31(5,6)30(37)39-25(20-21(2)3)29(36)38-24(22(4)16-17-23-12-9-8-10-13-23)14-11-15-28(35)40-32-26(33)18-19-27(32)34;;;/h8-13,15-17,21-22,24-25H,7,14,18-20H2,1-6H3;2*1H4;1H/b15-11+,17-16+;;;/t22-,24+,25+;;;/m1.../s1/i;;;1+1. The molecule has 0 radical (unpaired) electrons. The number of ether oxygens (including phenoxy) is 2. The number of hydrogen-bond acceptors (Lipinski definition) is 8. The summed E-state index contributed by atoms with van der Waals surface area (Å²) in [5.41, 5.74) is 0.217. The lowest BCUT2D eigenvalue weighted by atomic mass is 9.90. The molecular weight excluding hydrogens is 538 g/mol. The second kappa shape index (κ2) is 17.9. The predicted octanol–water partition coefficient (Wildman–Crippen LogP) is 6.71. The summed E-state index contributed by atoms with van der Waals surface area (Å²) in [6, 6.07) is 9.61. The molecule has 1 aromatic carbocycles. The molecule has 2 amide bonds. The third kappa shape index (κ3) is 12.0. The van der Waals surface area contributed by atoms with Crippen molar-refractivity contribution in [2.24, 2.45) is 17.3 Å². The van der Waals surface area contributed by atoms with E-state index in [1.807, 2.05) is 70.2 Å². The summed E-state index contributed by atoms with van der Waals surface area (Å²) in [7, 11) is 0. The number of carbonyl (C=O) groups is 5.